The Bertz CT molecular complexity index is 1300. The number of sulfonamides is 1. The molecule has 0 amide bonds. The Hall–Kier alpha value is -3.94. The molecule has 0 atom stereocenters. The van der Waals surface area contributed by atoms with E-state index < -0.39 is 33.3 Å². The summed E-state index contributed by atoms with van der Waals surface area (Å²) in [6.45, 7) is 0. The molecular weight excluding hydrogens is 479 g/mol. The zero-order valence-corrected chi connectivity index (χ0v) is 19.2. The number of methoxy groups -OCH3 is 3. The standard InChI is InChI=1S/C20H20F3N5O5S/c1-31-16-5-10(6-17(32-2)18(16)33-3)25-20-24-9-13(23)19(27-20)26-14-7-11(21)12(22)8-15(14)28-34(4,29)30/h5-9,28H,1-4H3,(H2,24,25,26,27). The summed E-state index contributed by atoms with van der Waals surface area (Å²) in [7, 11) is 0.457. The van der Waals surface area contributed by atoms with E-state index >= 15 is 0 Å². The molecule has 0 bridgehead atoms. The van der Waals surface area contributed by atoms with Crippen LogP contribution in [0.3, 0.4) is 0 Å². The van der Waals surface area contributed by atoms with E-state index in [0.717, 1.165) is 12.5 Å². The third-order valence-electron chi connectivity index (χ3n) is 4.27. The number of benzene rings is 2. The number of halogens is 3. The fourth-order valence-corrected chi connectivity index (χ4v) is 3.43. The minimum Gasteiger partial charge on any atom is -0.493 e. The van der Waals surface area contributed by atoms with E-state index in [1.54, 1.807) is 12.1 Å². The van der Waals surface area contributed by atoms with Crippen LogP contribution in [-0.4, -0.2) is 46.0 Å². The Labute approximate surface area is 193 Å². The monoisotopic (exact) mass is 499 g/mol. The highest BCUT2D eigenvalue weighted by Gasteiger charge is 2.17. The number of anilines is 5. The van der Waals surface area contributed by atoms with Crippen LogP contribution in [0.1, 0.15) is 0 Å². The molecule has 1 heterocycles. The Morgan fingerprint density at radius 3 is 1.94 bits per heavy atom. The lowest BCUT2D eigenvalue weighted by molar-refractivity contribution is 0.324. The largest absolute Gasteiger partial charge is 0.493 e. The molecule has 34 heavy (non-hydrogen) atoms. The van der Waals surface area contributed by atoms with E-state index in [2.05, 4.69) is 20.6 Å². The molecule has 0 radical (unpaired) electrons. The van der Waals surface area contributed by atoms with Crippen molar-refractivity contribution in [3.05, 3.63) is 47.9 Å². The number of rotatable bonds is 9. The van der Waals surface area contributed by atoms with Gasteiger partial charge < -0.3 is 24.8 Å². The molecule has 0 saturated carbocycles. The van der Waals surface area contributed by atoms with Gasteiger partial charge in [-0.3, -0.25) is 4.72 Å². The summed E-state index contributed by atoms with van der Waals surface area (Å²) >= 11 is 0. The van der Waals surface area contributed by atoms with E-state index in [9.17, 15) is 21.6 Å². The third-order valence-corrected chi connectivity index (χ3v) is 4.86. The van der Waals surface area contributed by atoms with E-state index in [1.807, 2.05) is 4.72 Å². The molecule has 0 spiro atoms. The van der Waals surface area contributed by atoms with E-state index in [1.165, 1.54) is 21.3 Å². The molecule has 3 aromatic rings. The van der Waals surface area contributed by atoms with Crippen LogP contribution in [0.2, 0.25) is 0 Å². The van der Waals surface area contributed by atoms with Crippen molar-refractivity contribution in [3.8, 4) is 17.2 Å². The van der Waals surface area contributed by atoms with Crippen molar-refractivity contribution in [3.63, 3.8) is 0 Å². The summed E-state index contributed by atoms with van der Waals surface area (Å²) in [5, 5.41) is 5.29. The maximum Gasteiger partial charge on any atom is 0.229 e. The van der Waals surface area contributed by atoms with Crippen LogP contribution in [0.5, 0.6) is 17.2 Å². The average molecular weight is 499 g/mol. The van der Waals surface area contributed by atoms with Crippen molar-refractivity contribution >= 4 is 38.9 Å². The lowest BCUT2D eigenvalue weighted by Gasteiger charge is -2.16. The highest BCUT2D eigenvalue weighted by molar-refractivity contribution is 7.92. The van der Waals surface area contributed by atoms with Gasteiger partial charge in [0.1, 0.15) is 0 Å². The maximum atomic E-state index is 14.4. The number of hydrogen-bond donors (Lipinski definition) is 3. The first kappa shape index (κ1) is 24.7. The summed E-state index contributed by atoms with van der Waals surface area (Å²) in [4.78, 5) is 7.84. The quantitative estimate of drug-likeness (QED) is 0.404. The predicted molar refractivity (Wildman–Crippen MR) is 119 cm³/mol. The molecule has 0 aliphatic heterocycles. The fourth-order valence-electron chi connectivity index (χ4n) is 2.86. The van der Waals surface area contributed by atoms with Gasteiger partial charge in [-0.15, -0.1) is 0 Å². The lowest BCUT2D eigenvalue weighted by Crippen LogP contribution is -2.12. The highest BCUT2D eigenvalue weighted by atomic mass is 32.2. The number of aromatic nitrogens is 2. The Morgan fingerprint density at radius 2 is 1.41 bits per heavy atom. The van der Waals surface area contributed by atoms with Crippen LogP contribution < -0.4 is 29.6 Å². The predicted octanol–water partition coefficient (Wildman–Crippen LogP) is 3.78. The van der Waals surface area contributed by atoms with E-state index in [-0.39, 0.29) is 17.3 Å². The topological polar surface area (TPSA) is 124 Å². The van der Waals surface area contributed by atoms with Gasteiger partial charge in [-0.1, -0.05) is 0 Å². The molecule has 0 saturated heterocycles. The normalized spacial score (nSPS) is 11.0. The molecule has 3 N–H and O–H groups in total. The number of hydrogen-bond acceptors (Lipinski definition) is 9. The van der Waals surface area contributed by atoms with Gasteiger partial charge in [-0.2, -0.15) is 4.98 Å². The van der Waals surface area contributed by atoms with Gasteiger partial charge in [0.15, 0.2) is 34.8 Å². The summed E-state index contributed by atoms with van der Waals surface area (Å²) in [5.41, 5.74) is -0.224. The van der Waals surface area contributed by atoms with Gasteiger partial charge in [0, 0.05) is 30.0 Å². The van der Waals surface area contributed by atoms with Crippen molar-refractivity contribution in [1.29, 1.82) is 0 Å². The highest BCUT2D eigenvalue weighted by Crippen LogP contribution is 2.40. The molecular formula is C20H20F3N5O5S. The minimum absolute atomic E-state index is 0.0848. The summed E-state index contributed by atoms with van der Waals surface area (Å²) < 4.78 is 82.9. The third kappa shape index (κ3) is 5.70. The SMILES string of the molecule is COc1cc(Nc2ncc(F)c(Nc3cc(F)c(F)cc3NS(C)(=O)=O)n2)cc(OC)c1OC. The molecule has 1 aromatic heterocycles. The molecule has 0 unspecified atom stereocenters. The van der Waals surface area contributed by atoms with Crippen LogP contribution >= 0.6 is 0 Å². The minimum atomic E-state index is -3.85. The molecule has 3 rings (SSSR count). The first-order chi connectivity index (χ1) is 16.0. The van der Waals surface area contributed by atoms with Gasteiger partial charge in [0.05, 0.1) is 45.2 Å². The van der Waals surface area contributed by atoms with Crippen molar-refractivity contribution in [2.75, 3.05) is 42.9 Å². The fraction of sp³-hybridized carbons (Fsp3) is 0.200. The second-order valence-electron chi connectivity index (χ2n) is 6.74. The van der Waals surface area contributed by atoms with E-state index in [4.69, 9.17) is 14.2 Å². The maximum absolute atomic E-state index is 14.4. The molecule has 0 aliphatic rings. The summed E-state index contributed by atoms with van der Waals surface area (Å²) in [5.74, 6) is -3.03. The summed E-state index contributed by atoms with van der Waals surface area (Å²) in [6.07, 6.45) is 1.65. The van der Waals surface area contributed by atoms with Gasteiger partial charge in [-0.25, -0.2) is 26.6 Å². The van der Waals surface area contributed by atoms with Crippen LogP contribution in [0, 0.1) is 17.5 Å². The van der Waals surface area contributed by atoms with Gasteiger partial charge >= 0.3 is 0 Å². The number of ether oxygens (including phenoxy) is 3. The second-order valence-corrected chi connectivity index (χ2v) is 8.49. The van der Waals surface area contributed by atoms with Crippen LogP contribution in [0.4, 0.5) is 42.0 Å². The molecule has 2 aromatic carbocycles. The van der Waals surface area contributed by atoms with Crippen LogP contribution in [0.15, 0.2) is 30.5 Å². The van der Waals surface area contributed by atoms with Gasteiger partial charge in [0.25, 0.3) is 0 Å². The first-order valence-electron chi connectivity index (χ1n) is 9.38. The van der Waals surface area contributed by atoms with Crippen LogP contribution in [0.25, 0.3) is 0 Å². The lowest BCUT2D eigenvalue weighted by atomic mass is 10.2. The first-order valence-corrected chi connectivity index (χ1v) is 11.3. The number of nitrogens with zero attached hydrogens (tertiary/aromatic N) is 2. The molecule has 182 valence electrons. The van der Waals surface area contributed by atoms with Crippen molar-refractivity contribution in [2.24, 2.45) is 0 Å². The van der Waals surface area contributed by atoms with Gasteiger partial charge in [0.2, 0.25) is 21.7 Å². The van der Waals surface area contributed by atoms with Crippen LogP contribution in [-0.2, 0) is 10.0 Å². The van der Waals surface area contributed by atoms with Crippen molar-refractivity contribution < 1.29 is 35.8 Å². The van der Waals surface area contributed by atoms with Crippen molar-refractivity contribution in [1.82, 2.24) is 9.97 Å². The molecule has 10 nitrogen and oxygen atoms in total. The zero-order valence-electron chi connectivity index (χ0n) is 18.4. The second kappa shape index (κ2) is 9.91. The molecule has 0 fully saturated rings. The molecule has 0 aliphatic carbocycles. The van der Waals surface area contributed by atoms with Gasteiger partial charge in [-0.05, 0) is 0 Å². The Morgan fingerprint density at radius 1 is 0.824 bits per heavy atom. The average Bonchev–Trinajstić information content (AvgIpc) is 2.77. The number of nitrogens with one attached hydrogen (secondary N) is 3. The van der Waals surface area contributed by atoms with E-state index in [0.29, 0.717) is 35.1 Å². The van der Waals surface area contributed by atoms with Crippen molar-refractivity contribution in [2.45, 2.75) is 0 Å². The Balaban J connectivity index is 1.97. The smallest absolute Gasteiger partial charge is 0.229 e. The molecule has 14 heteroatoms. The summed E-state index contributed by atoms with van der Waals surface area (Å²) in [6, 6.07) is 4.40. The Kier molecular flexibility index (Phi) is 7.20. The zero-order chi connectivity index (χ0) is 25.0.